The maximum atomic E-state index is 13.3. The highest BCUT2D eigenvalue weighted by Crippen LogP contribution is 2.30. The van der Waals surface area contributed by atoms with Crippen molar-refractivity contribution in [1.82, 2.24) is 30.0 Å². The average Bonchev–Trinajstić information content (AvgIpc) is 2.95. The Morgan fingerprint density at radius 2 is 1.93 bits per heavy atom. The Morgan fingerprint density at radius 3 is 2.79 bits per heavy atom. The van der Waals surface area contributed by atoms with Crippen LogP contribution < -0.4 is 0 Å². The van der Waals surface area contributed by atoms with Gasteiger partial charge >= 0.3 is 0 Å². The summed E-state index contributed by atoms with van der Waals surface area (Å²) in [6.07, 6.45) is 6.48. The zero-order chi connectivity index (χ0) is 19.1. The van der Waals surface area contributed by atoms with Crippen LogP contribution in [0.4, 0.5) is 0 Å². The van der Waals surface area contributed by atoms with E-state index < -0.39 is 0 Å². The van der Waals surface area contributed by atoms with E-state index in [0.29, 0.717) is 31.0 Å². The van der Waals surface area contributed by atoms with E-state index in [1.165, 1.54) is 12.4 Å². The molecule has 6 rings (SSSR count). The Labute approximate surface area is 161 Å². The summed E-state index contributed by atoms with van der Waals surface area (Å²) in [5, 5.41) is 8.04. The topological polar surface area (TPSA) is 95.1 Å². The third-order valence-corrected chi connectivity index (χ3v) is 5.72. The van der Waals surface area contributed by atoms with Gasteiger partial charge in [-0.15, -0.1) is 0 Å². The van der Waals surface area contributed by atoms with E-state index >= 15 is 0 Å². The lowest BCUT2D eigenvalue weighted by atomic mass is 9.94. The van der Waals surface area contributed by atoms with E-state index in [9.17, 15) is 9.59 Å². The molecule has 1 aromatic carbocycles. The summed E-state index contributed by atoms with van der Waals surface area (Å²) in [5.41, 5.74) is 1.65. The van der Waals surface area contributed by atoms with Gasteiger partial charge in [0.15, 0.2) is 5.69 Å². The average molecular weight is 376 g/mol. The number of carbonyl (C=O) groups excluding carboxylic acids is 2. The van der Waals surface area contributed by atoms with Gasteiger partial charge in [-0.1, -0.05) is 18.2 Å². The van der Waals surface area contributed by atoms with Crippen LogP contribution in [0.5, 0.6) is 0 Å². The molecule has 2 aromatic heterocycles. The molecule has 0 saturated carbocycles. The number of hydrogen-bond acceptors (Lipinski definition) is 5. The van der Waals surface area contributed by atoms with Gasteiger partial charge in [0.25, 0.3) is 11.8 Å². The van der Waals surface area contributed by atoms with Crippen molar-refractivity contribution in [2.24, 2.45) is 5.92 Å². The first kappa shape index (κ1) is 16.9. The summed E-state index contributed by atoms with van der Waals surface area (Å²) >= 11 is 0. The summed E-state index contributed by atoms with van der Waals surface area (Å²) in [6.45, 7) is 1.80. The number of H-pyrrole nitrogens is 1. The first-order chi connectivity index (χ1) is 13.7. The van der Waals surface area contributed by atoms with Crippen LogP contribution in [-0.2, 0) is 0 Å². The molecule has 8 heteroatoms. The maximum absolute atomic E-state index is 13.3. The molecule has 0 aliphatic carbocycles. The second-order valence-corrected chi connectivity index (χ2v) is 7.47. The van der Waals surface area contributed by atoms with Crippen LogP contribution in [0.3, 0.4) is 0 Å². The zero-order valence-electron chi connectivity index (χ0n) is 15.3. The van der Waals surface area contributed by atoms with Gasteiger partial charge in [0.2, 0.25) is 0 Å². The quantitative estimate of drug-likeness (QED) is 0.735. The number of carbonyl (C=O) groups is 2. The zero-order valence-corrected chi connectivity index (χ0v) is 15.3. The maximum Gasteiger partial charge on any atom is 0.275 e. The van der Waals surface area contributed by atoms with Crippen LogP contribution in [0.1, 0.15) is 33.8 Å². The minimum absolute atomic E-state index is 0.0117. The molecule has 3 saturated heterocycles. The van der Waals surface area contributed by atoms with Crippen LogP contribution >= 0.6 is 0 Å². The van der Waals surface area contributed by atoms with E-state index in [2.05, 4.69) is 20.2 Å². The monoisotopic (exact) mass is 376 g/mol. The van der Waals surface area contributed by atoms with Crippen molar-refractivity contribution >= 4 is 22.7 Å². The number of benzene rings is 1. The molecule has 28 heavy (non-hydrogen) atoms. The second-order valence-electron chi connectivity index (χ2n) is 7.47. The highest BCUT2D eigenvalue weighted by molar-refractivity contribution is 6.04. The molecule has 142 valence electrons. The van der Waals surface area contributed by atoms with Crippen molar-refractivity contribution in [2.45, 2.75) is 18.9 Å². The number of piperidine rings is 1. The highest BCUT2D eigenvalue weighted by Gasteiger charge is 2.40. The molecule has 2 atom stereocenters. The van der Waals surface area contributed by atoms with Gasteiger partial charge in [-0.25, -0.2) is 4.98 Å². The van der Waals surface area contributed by atoms with Crippen molar-refractivity contribution in [2.75, 3.05) is 19.6 Å². The Balaban J connectivity index is 1.41. The Hall–Kier alpha value is -3.29. The predicted molar refractivity (Wildman–Crippen MR) is 102 cm³/mol. The highest BCUT2D eigenvalue weighted by atomic mass is 16.2. The van der Waals surface area contributed by atoms with E-state index in [4.69, 9.17) is 0 Å². The van der Waals surface area contributed by atoms with Gasteiger partial charge in [0.05, 0.1) is 11.7 Å². The molecule has 0 radical (unpaired) electrons. The van der Waals surface area contributed by atoms with E-state index in [1.807, 2.05) is 34.1 Å². The molecule has 0 spiro atoms. The van der Waals surface area contributed by atoms with Gasteiger partial charge in [-0.3, -0.25) is 19.7 Å². The molecule has 1 N–H and O–H groups in total. The van der Waals surface area contributed by atoms with Crippen molar-refractivity contribution in [1.29, 1.82) is 0 Å². The van der Waals surface area contributed by atoms with Crippen LogP contribution in [0.15, 0.2) is 42.9 Å². The molecule has 0 unspecified atom stereocenters. The summed E-state index contributed by atoms with van der Waals surface area (Å²) in [6, 6.07) is 7.63. The second kappa shape index (κ2) is 6.70. The fraction of sp³-hybridized carbons (Fsp3) is 0.350. The fourth-order valence-corrected chi connectivity index (χ4v) is 4.33. The van der Waals surface area contributed by atoms with Crippen molar-refractivity contribution in [3.63, 3.8) is 0 Å². The largest absolute Gasteiger partial charge is 0.335 e. The SMILES string of the molecule is O=C(c1cnccn1)N1C[C@@H]2CC[C@H](C1)N(C(=O)c1n[nH]c3ccccc13)C2. The molecular formula is C20H20N6O2. The summed E-state index contributed by atoms with van der Waals surface area (Å²) < 4.78 is 0. The van der Waals surface area contributed by atoms with Crippen LogP contribution in [0.2, 0.25) is 0 Å². The van der Waals surface area contributed by atoms with Crippen molar-refractivity contribution < 1.29 is 9.59 Å². The van der Waals surface area contributed by atoms with E-state index in [-0.39, 0.29) is 23.8 Å². The standard InChI is InChI=1S/C20H20N6O2/c27-19(17-9-21-7-8-22-17)25-10-13-5-6-14(12-25)26(11-13)20(28)18-15-3-1-2-4-16(15)23-24-18/h1-4,7-9,13-14H,5-6,10-12H2,(H,23,24)/t13-,14+/m0/s1. The van der Waals surface area contributed by atoms with Crippen LogP contribution in [0.25, 0.3) is 10.9 Å². The first-order valence-electron chi connectivity index (χ1n) is 9.50. The Kier molecular flexibility index (Phi) is 4.03. The van der Waals surface area contributed by atoms with Gasteiger partial charge in [0, 0.05) is 43.5 Å². The van der Waals surface area contributed by atoms with Crippen LogP contribution in [-0.4, -0.2) is 67.5 Å². The normalized spacial score (nSPS) is 21.7. The number of para-hydroxylation sites is 1. The molecule has 8 nitrogen and oxygen atoms in total. The van der Waals surface area contributed by atoms with Crippen molar-refractivity contribution in [3.05, 3.63) is 54.2 Å². The number of aromatic nitrogens is 4. The van der Waals surface area contributed by atoms with Crippen LogP contribution in [0, 0.1) is 5.92 Å². The molecule has 5 heterocycles. The fourth-order valence-electron chi connectivity index (χ4n) is 4.33. The number of fused-ring (bicyclic) bond motifs is 5. The first-order valence-corrected chi connectivity index (χ1v) is 9.50. The van der Waals surface area contributed by atoms with Gasteiger partial charge in [0.1, 0.15) is 5.69 Å². The third kappa shape index (κ3) is 2.81. The summed E-state index contributed by atoms with van der Waals surface area (Å²) in [5.74, 6) is 0.0685. The lowest BCUT2D eigenvalue weighted by molar-refractivity contribution is 0.0570. The van der Waals surface area contributed by atoms with E-state index in [1.54, 1.807) is 6.20 Å². The minimum Gasteiger partial charge on any atom is -0.335 e. The summed E-state index contributed by atoms with van der Waals surface area (Å²) in [7, 11) is 0. The molecule has 3 aliphatic heterocycles. The molecule has 3 aliphatic rings. The number of nitrogens with zero attached hydrogens (tertiary/aromatic N) is 5. The molecule has 3 fully saturated rings. The molecule has 2 bridgehead atoms. The third-order valence-electron chi connectivity index (χ3n) is 5.72. The van der Waals surface area contributed by atoms with E-state index in [0.717, 1.165) is 23.7 Å². The smallest absolute Gasteiger partial charge is 0.275 e. The number of hydrogen-bond donors (Lipinski definition) is 1. The number of amides is 2. The predicted octanol–water partition coefficient (Wildman–Crippen LogP) is 1.73. The Bertz CT molecular complexity index is 1030. The van der Waals surface area contributed by atoms with Gasteiger partial charge in [-0.05, 0) is 24.8 Å². The summed E-state index contributed by atoms with van der Waals surface area (Å²) in [4.78, 5) is 38.0. The number of aromatic amines is 1. The Morgan fingerprint density at radius 1 is 1.04 bits per heavy atom. The van der Waals surface area contributed by atoms with Gasteiger partial charge in [-0.2, -0.15) is 5.10 Å². The minimum atomic E-state index is -0.121. The molecule has 2 amide bonds. The molecular weight excluding hydrogens is 356 g/mol. The number of rotatable bonds is 2. The lowest BCUT2D eigenvalue weighted by Crippen LogP contribution is -2.47. The molecule has 3 aromatic rings. The lowest BCUT2D eigenvalue weighted by Gasteiger charge is -2.35. The number of nitrogens with one attached hydrogen (secondary N) is 1. The van der Waals surface area contributed by atoms with Gasteiger partial charge < -0.3 is 9.80 Å². The van der Waals surface area contributed by atoms with Crippen molar-refractivity contribution in [3.8, 4) is 0 Å².